The minimum absolute atomic E-state index is 0.0218. The van der Waals surface area contributed by atoms with E-state index in [0.29, 0.717) is 6.54 Å². The van der Waals surface area contributed by atoms with Crippen LogP contribution in [-0.2, 0) is 29.7 Å². The van der Waals surface area contributed by atoms with Crippen molar-refractivity contribution in [3.05, 3.63) is 124 Å². The summed E-state index contributed by atoms with van der Waals surface area (Å²) < 4.78 is 2.05. The summed E-state index contributed by atoms with van der Waals surface area (Å²) in [5, 5.41) is 9.30. The smallest absolute Gasteiger partial charge is 0.210 e. The van der Waals surface area contributed by atoms with Gasteiger partial charge in [-0.2, -0.15) is 5.10 Å². The van der Waals surface area contributed by atoms with Gasteiger partial charge in [-0.15, -0.1) is 0 Å². The monoisotopic (exact) mass is 567 g/mol. The molecule has 0 spiro atoms. The van der Waals surface area contributed by atoms with Gasteiger partial charge in [0.15, 0.2) is 0 Å². The first-order valence-electron chi connectivity index (χ1n) is 14.7. The molecule has 6 rings (SSSR count). The quantitative estimate of drug-likeness (QED) is 0.285. The van der Waals surface area contributed by atoms with Crippen molar-refractivity contribution in [1.82, 2.24) is 24.9 Å². The van der Waals surface area contributed by atoms with E-state index < -0.39 is 0 Å². The zero-order valence-electron chi connectivity index (χ0n) is 23.5. The fourth-order valence-corrected chi connectivity index (χ4v) is 6.71. The number of nitrogens with one attached hydrogen (secondary N) is 1. The standard InChI is InChI=1S/C34H38ClN5O/c35-31-13-11-27(12-14-31)23-40-24-28(21-32-22-36-17-20-39(32)26-41)33(37-40)25-38-18-15-34(16-19-38,29-7-3-1-4-8-29)30-9-5-2-6-10-30/h1-14,24,26,32,36H,15-23,25H2. The van der Waals surface area contributed by atoms with Crippen LogP contribution in [0.1, 0.15) is 40.8 Å². The summed E-state index contributed by atoms with van der Waals surface area (Å²) in [4.78, 5) is 16.3. The predicted molar refractivity (Wildman–Crippen MR) is 164 cm³/mol. The van der Waals surface area contributed by atoms with Crippen LogP contribution < -0.4 is 5.32 Å². The van der Waals surface area contributed by atoms with Gasteiger partial charge in [-0.05, 0) is 66.7 Å². The van der Waals surface area contributed by atoms with E-state index in [4.69, 9.17) is 16.7 Å². The largest absolute Gasteiger partial charge is 0.339 e. The Morgan fingerprint density at radius 2 is 1.54 bits per heavy atom. The van der Waals surface area contributed by atoms with Crippen molar-refractivity contribution in [1.29, 1.82) is 0 Å². The fraction of sp³-hybridized carbons (Fsp3) is 0.353. The van der Waals surface area contributed by atoms with Gasteiger partial charge in [-0.1, -0.05) is 84.4 Å². The van der Waals surface area contributed by atoms with Crippen LogP contribution in [0.5, 0.6) is 0 Å². The minimum Gasteiger partial charge on any atom is -0.339 e. The Morgan fingerprint density at radius 3 is 2.17 bits per heavy atom. The number of likely N-dealkylation sites (tertiary alicyclic amines) is 1. The zero-order chi connectivity index (χ0) is 28.1. The van der Waals surface area contributed by atoms with Crippen molar-refractivity contribution >= 4 is 18.0 Å². The van der Waals surface area contributed by atoms with Crippen LogP contribution in [0.4, 0.5) is 0 Å². The molecule has 1 atom stereocenters. The molecule has 3 aromatic carbocycles. The average Bonchev–Trinajstić information content (AvgIpc) is 3.39. The summed E-state index contributed by atoms with van der Waals surface area (Å²) in [5.74, 6) is 0. The third kappa shape index (κ3) is 6.25. The molecule has 2 aliphatic rings. The molecule has 1 N–H and O–H groups in total. The summed E-state index contributed by atoms with van der Waals surface area (Å²) >= 11 is 6.12. The molecule has 2 fully saturated rings. The Bertz CT molecular complexity index is 1370. The van der Waals surface area contributed by atoms with E-state index in [9.17, 15) is 4.79 Å². The molecule has 2 aliphatic heterocycles. The molecule has 6 nitrogen and oxygen atoms in total. The number of piperazine rings is 1. The fourth-order valence-electron chi connectivity index (χ4n) is 6.59. The minimum atomic E-state index is 0.0218. The molecule has 2 saturated heterocycles. The lowest BCUT2D eigenvalue weighted by atomic mass is 9.68. The Morgan fingerprint density at radius 1 is 0.878 bits per heavy atom. The van der Waals surface area contributed by atoms with Crippen molar-refractivity contribution < 1.29 is 4.79 Å². The predicted octanol–water partition coefficient (Wildman–Crippen LogP) is 5.14. The van der Waals surface area contributed by atoms with E-state index in [-0.39, 0.29) is 11.5 Å². The second kappa shape index (κ2) is 12.6. The van der Waals surface area contributed by atoms with E-state index in [1.54, 1.807) is 0 Å². The molecule has 4 aromatic rings. The number of carbonyl (C=O) groups is 1. The van der Waals surface area contributed by atoms with Crippen molar-refractivity contribution in [2.75, 3.05) is 32.7 Å². The highest BCUT2D eigenvalue weighted by Gasteiger charge is 2.38. The van der Waals surface area contributed by atoms with E-state index in [2.05, 4.69) is 93.9 Å². The molecule has 41 heavy (non-hydrogen) atoms. The van der Waals surface area contributed by atoms with Gasteiger partial charge in [0.05, 0.1) is 12.2 Å². The van der Waals surface area contributed by atoms with Crippen LogP contribution in [0.25, 0.3) is 0 Å². The van der Waals surface area contributed by atoms with Crippen LogP contribution in [-0.4, -0.2) is 64.8 Å². The highest BCUT2D eigenvalue weighted by atomic mass is 35.5. The third-order valence-electron chi connectivity index (χ3n) is 8.90. The second-order valence-electron chi connectivity index (χ2n) is 11.4. The molecule has 0 bridgehead atoms. The van der Waals surface area contributed by atoms with Crippen LogP contribution in [0, 0.1) is 0 Å². The summed E-state index contributed by atoms with van der Waals surface area (Å²) in [7, 11) is 0. The number of nitrogens with zero attached hydrogens (tertiary/aromatic N) is 4. The highest BCUT2D eigenvalue weighted by molar-refractivity contribution is 6.30. The molecule has 7 heteroatoms. The van der Waals surface area contributed by atoms with E-state index >= 15 is 0 Å². The first-order chi connectivity index (χ1) is 20.1. The molecule has 1 aromatic heterocycles. The first kappa shape index (κ1) is 27.7. The number of benzene rings is 3. The number of hydrogen-bond donors (Lipinski definition) is 1. The zero-order valence-corrected chi connectivity index (χ0v) is 24.2. The molecule has 1 amide bonds. The Labute approximate surface area is 247 Å². The van der Waals surface area contributed by atoms with Gasteiger partial charge in [0, 0.05) is 48.9 Å². The van der Waals surface area contributed by atoms with Gasteiger partial charge in [0.2, 0.25) is 6.41 Å². The molecular formula is C34H38ClN5O. The van der Waals surface area contributed by atoms with Gasteiger partial charge in [0.1, 0.15) is 0 Å². The third-order valence-corrected chi connectivity index (χ3v) is 9.16. The lowest BCUT2D eigenvalue weighted by molar-refractivity contribution is -0.120. The Balaban J connectivity index is 1.23. The van der Waals surface area contributed by atoms with Crippen molar-refractivity contribution in [2.24, 2.45) is 0 Å². The molecule has 0 aliphatic carbocycles. The summed E-state index contributed by atoms with van der Waals surface area (Å²) in [6.07, 6.45) is 6.11. The maximum absolute atomic E-state index is 11.8. The van der Waals surface area contributed by atoms with Crippen molar-refractivity contribution in [2.45, 2.75) is 43.8 Å². The van der Waals surface area contributed by atoms with E-state index in [0.717, 1.165) is 81.2 Å². The maximum atomic E-state index is 11.8. The summed E-state index contributed by atoms with van der Waals surface area (Å²) in [6.45, 7) is 5.89. The number of halogens is 1. The molecule has 212 valence electrons. The van der Waals surface area contributed by atoms with Crippen LogP contribution in [0.3, 0.4) is 0 Å². The summed E-state index contributed by atoms with van der Waals surface area (Å²) in [6, 6.07) is 30.1. The Kier molecular flexibility index (Phi) is 8.51. The van der Waals surface area contributed by atoms with Crippen LogP contribution >= 0.6 is 11.6 Å². The lowest BCUT2D eigenvalue weighted by Crippen LogP contribution is -2.51. The van der Waals surface area contributed by atoms with Crippen molar-refractivity contribution in [3.63, 3.8) is 0 Å². The molecule has 3 heterocycles. The van der Waals surface area contributed by atoms with Gasteiger partial charge < -0.3 is 10.2 Å². The number of piperidine rings is 1. The lowest BCUT2D eigenvalue weighted by Gasteiger charge is -2.43. The highest BCUT2D eigenvalue weighted by Crippen LogP contribution is 2.42. The Hall–Kier alpha value is -3.45. The van der Waals surface area contributed by atoms with Crippen LogP contribution in [0.2, 0.25) is 5.02 Å². The number of carbonyl (C=O) groups excluding carboxylic acids is 1. The number of hydrogen-bond acceptors (Lipinski definition) is 4. The number of aromatic nitrogens is 2. The van der Waals surface area contributed by atoms with E-state index in [1.165, 1.54) is 16.7 Å². The van der Waals surface area contributed by atoms with Gasteiger partial charge in [0.25, 0.3) is 0 Å². The summed E-state index contributed by atoms with van der Waals surface area (Å²) in [5.41, 5.74) is 6.32. The molecule has 0 radical (unpaired) electrons. The topological polar surface area (TPSA) is 53.4 Å². The average molecular weight is 568 g/mol. The normalized spacial score (nSPS) is 19.2. The van der Waals surface area contributed by atoms with E-state index in [1.807, 2.05) is 17.0 Å². The maximum Gasteiger partial charge on any atom is 0.210 e. The second-order valence-corrected chi connectivity index (χ2v) is 11.9. The van der Waals surface area contributed by atoms with Gasteiger partial charge in [-0.25, -0.2) is 0 Å². The van der Waals surface area contributed by atoms with Crippen LogP contribution in [0.15, 0.2) is 91.1 Å². The number of rotatable bonds is 9. The van der Waals surface area contributed by atoms with Gasteiger partial charge >= 0.3 is 0 Å². The molecular weight excluding hydrogens is 530 g/mol. The molecule has 0 saturated carbocycles. The van der Waals surface area contributed by atoms with Crippen molar-refractivity contribution in [3.8, 4) is 0 Å². The van der Waals surface area contributed by atoms with Gasteiger partial charge in [-0.3, -0.25) is 14.4 Å². The molecule has 1 unspecified atom stereocenters. The number of amides is 1. The first-order valence-corrected chi connectivity index (χ1v) is 15.1. The SMILES string of the molecule is O=CN1CCNCC1Cc1cn(Cc2ccc(Cl)cc2)nc1CN1CCC(c2ccccc2)(c2ccccc2)CC1.